The molecule has 0 heterocycles. The van der Waals surface area contributed by atoms with Crippen molar-refractivity contribution >= 4 is 11.9 Å². The molecule has 1 aromatic rings. The van der Waals surface area contributed by atoms with Crippen molar-refractivity contribution in [1.29, 1.82) is 0 Å². The predicted molar refractivity (Wildman–Crippen MR) is 62.0 cm³/mol. The van der Waals surface area contributed by atoms with Gasteiger partial charge >= 0.3 is 0 Å². The molecule has 0 saturated carbocycles. The lowest BCUT2D eigenvalue weighted by molar-refractivity contribution is -0.104. The van der Waals surface area contributed by atoms with Crippen LogP contribution in [-0.2, 0) is 4.79 Å². The molecule has 0 amide bonds. The van der Waals surface area contributed by atoms with E-state index in [0.29, 0.717) is 12.0 Å². The van der Waals surface area contributed by atoms with Crippen LogP contribution in [0.3, 0.4) is 0 Å². The second kappa shape index (κ2) is 7.76. The Morgan fingerprint density at radius 2 is 1.87 bits per heavy atom. The van der Waals surface area contributed by atoms with Gasteiger partial charge in [-0.05, 0) is 25.0 Å². The molecule has 0 saturated heterocycles. The lowest BCUT2D eigenvalue weighted by Gasteiger charge is -2.01. The van der Waals surface area contributed by atoms with E-state index >= 15 is 0 Å². The first-order valence-corrected chi connectivity index (χ1v) is 4.75. The summed E-state index contributed by atoms with van der Waals surface area (Å²) in [6.07, 6.45) is 0.669. The molecule has 0 fully saturated rings. The molecule has 1 aromatic carbocycles. The molecule has 0 unspecified atom stereocenters. The van der Waals surface area contributed by atoms with Crippen LogP contribution in [0.2, 0.25) is 0 Å². The monoisotopic (exact) mass is 207 g/mol. The number of aldehydes is 1. The summed E-state index contributed by atoms with van der Waals surface area (Å²) in [5.74, 6) is 0. The summed E-state index contributed by atoms with van der Waals surface area (Å²) in [5.41, 5.74) is 7.57. The van der Waals surface area contributed by atoms with Gasteiger partial charge in [0.1, 0.15) is 0 Å². The van der Waals surface area contributed by atoms with Gasteiger partial charge < -0.3 is 10.8 Å². The first kappa shape index (κ1) is 13.4. The summed E-state index contributed by atoms with van der Waals surface area (Å²) < 4.78 is 0. The minimum Gasteiger partial charge on any atom is -0.397 e. The maximum atomic E-state index is 10.3. The summed E-state index contributed by atoms with van der Waals surface area (Å²) in [5, 5.41) is 7.57. The van der Waals surface area contributed by atoms with Gasteiger partial charge in [0.2, 0.25) is 0 Å². The number of rotatable bonds is 2. The average molecular weight is 207 g/mol. The maximum Gasteiger partial charge on any atom is 0.165 e. The summed E-state index contributed by atoms with van der Waals surface area (Å²) in [7, 11) is 0. The molecule has 0 aliphatic carbocycles. The second-order valence-corrected chi connectivity index (χ2v) is 2.88. The lowest BCUT2D eigenvalue weighted by atomic mass is 10.1. The molecule has 0 aromatic heterocycles. The fourth-order valence-corrected chi connectivity index (χ4v) is 0.943. The van der Waals surface area contributed by atoms with Crippen LogP contribution in [0.5, 0.6) is 0 Å². The van der Waals surface area contributed by atoms with Crippen LogP contribution in [0.4, 0.5) is 0 Å². The maximum absolute atomic E-state index is 10.3. The third-order valence-electron chi connectivity index (χ3n) is 1.77. The van der Waals surface area contributed by atoms with Crippen LogP contribution >= 0.6 is 0 Å². The van der Waals surface area contributed by atoms with Gasteiger partial charge in [-0.1, -0.05) is 30.3 Å². The Hall–Kier alpha value is -1.61. The molecule has 3 nitrogen and oxygen atoms in total. The normalized spacial score (nSPS) is 10.9. The van der Waals surface area contributed by atoms with E-state index in [4.69, 9.17) is 10.8 Å². The van der Waals surface area contributed by atoms with Crippen LogP contribution < -0.4 is 5.73 Å². The van der Waals surface area contributed by atoms with Gasteiger partial charge in [-0.25, -0.2) is 0 Å². The van der Waals surface area contributed by atoms with Crippen molar-refractivity contribution in [3.63, 3.8) is 0 Å². The number of benzene rings is 1. The number of carbonyl (C=O) groups is 1. The second-order valence-electron chi connectivity index (χ2n) is 2.88. The largest absolute Gasteiger partial charge is 0.397 e. The number of hydrogen-bond donors (Lipinski definition) is 2. The predicted octanol–water partition coefficient (Wildman–Crippen LogP) is 1.57. The van der Waals surface area contributed by atoms with Crippen molar-refractivity contribution in [1.82, 2.24) is 0 Å². The van der Waals surface area contributed by atoms with E-state index in [9.17, 15) is 4.79 Å². The Morgan fingerprint density at radius 3 is 2.27 bits per heavy atom. The van der Waals surface area contributed by atoms with E-state index in [-0.39, 0.29) is 6.61 Å². The van der Waals surface area contributed by atoms with E-state index in [2.05, 4.69) is 0 Å². The Bertz CT molecular complexity index is 318. The van der Waals surface area contributed by atoms with E-state index < -0.39 is 0 Å². The van der Waals surface area contributed by atoms with Crippen LogP contribution in [0.25, 0.3) is 5.57 Å². The highest BCUT2D eigenvalue weighted by molar-refractivity contribution is 5.86. The van der Waals surface area contributed by atoms with Gasteiger partial charge in [-0.15, -0.1) is 0 Å². The first-order chi connectivity index (χ1) is 7.17. The van der Waals surface area contributed by atoms with Gasteiger partial charge in [0.15, 0.2) is 6.29 Å². The molecule has 0 atom stereocenters. The van der Waals surface area contributed by atoms with Gasteiger partial charge in [0.05, 0.1) is 5.70 Å². The highest BCUT2D eigenvalue weighted by atomic mass is 16.2. The first-order valence-electron chi connectivity index (χ1n) is 4.75. The Balaban J connectivity index is 0.000000583. The molecule has 3 heteroatoms. The highest BCUT2D eigenvalue weighted by Gasteiger charge is 1.97. The number of aliphatic hydroxyl groups is 1. The molecule has 0 bridgehead atoms. The molecule has 3 N–H and O–H groups in total. The van der Waals surface area contributed by atoms with E-state index in [1.165, 1.54) is 0 Å². The molecule has 15 heavy (non-hydrogen) atoms. The SMILES string of the molecule is CC(=C(N)C=O)c1ccccc1.CCO. The summed E-state index contributed by atoms with van der Waals surface area (Å²) in [6.45, 7) is 3.76. The minimum atomic E-state index is 0.250. The highest BCUT2D eigenvalue weighted by Crippen LogP contribution is 2.13. The minimum absolute atomic E-state index is 0.250. The van der Waals surface area contributed by atoms with Gasteiger partial charge in [0, 0.05) is 6.61 Å². The van der Waals surface area contributed by atoms with Crippen LogP contribution in [0.15, 0.2) is 36.0 Å². The number of carbonyl (C=O) groups excluding carboxylic acids is 1. The fourth-order valence-electron chi connectivity index (χ4n) is 0.943. The molecule has 0 aliphatic rings. The molecule has 0 aliphatic heterocycles. The van der Waals surface area contributed by atoms with Crippen molar-refractivity contribution in [3.8, 4) is 0 Å². The zero-order valence-electron chi connectivity index (χ0n) is 9.10. The third kappa shape index (κ3) is 4.98. The number of aliphatic hydroxyl groups excluding tert-OH is 1. The zero-order valence-corrected chi connectivity index (χ0v) is 9.10. The van der Waals surface area contributed by atoms with Gasteiger partial charge in [-0.2, -0.15) is 0 Å². The zero-order chi connectivity index (χ0) is 11.7. The smallest absolute Gasteiger partial charge is 0.165 e. The topological polar surface area (TPSA) is 63.3 Å². The van der Waals surface area contributed by atoms with E-state index in [1.54, 1.807) is 6.92 Å². The van der Waals surface area contributed by atoms with Crippen LogP contribution in [0, 0.1) is 0 Å². The van der Waals surface area contributed by atoms with Crippen molar-refractivity contribution in [2.75, 3.05) is 6.61 Å². The molecular formula is C12H17NO2. The summed E-state index contributed by atoms with van der Waals surface area (Å²) >= 11 is 0. The fraction of sp³-hybridized carbons (Fsp3) is 0.250. The van der Waals surface area contributed by atoms with Gasteiger partial charge in [0.25, 0.3) is 0 Å². The molecule has 0 radical (unpaired) electrons. The third-order valence-corrected chi connectivity index (χ3v) is 1.77. The van der Waals surface area contributed by atoms with Crippen molar-refractivity contribution in [3.05, 3.63) is 41.6 Å². The summed E-state index contributed by atoms with van der Waals surface area (Å²) in [4.78, 5) is 10.3. The molecular weight excluding hydrogens is 190 g/mol. The van der Waals surface area contributed by atoms with Crippen molar-refractivity contribution in [2.45, 2.75) is 13.8 Å². The van der Waals surface area contributed by atoms with Gasteiger partial charge in [-0.3, -0.25) is 4.79 Å². The quantitative estimate of drug-likeness (QED) is 0.571. The standard InChI is InChI=1S/C10H11NO.C2H6O/c1-8(10(11)7-12)9-5-3-2-4-6-9;1-2-3/h2-7H,11H2,1H3;3H,2H2,1H3. The van der Waals surface area contributed by atoms with Crippen LogP contribution in [0.1, 0.15) is 19.4 Å². The number of hydrogen-bond acceptors (Lipinski definition) is 3. The number of nitrogens with two attached hydrogens (primary N) is 1. The Kier molecular flexibility index (Phi) is 6.93. The Labute approximate surface area is 90.2 Å². The van der Waals surface area contributed by atoms with Crippen molar-refractivity contribution < 1.29 is 9.90 Å². The molecule has 0 spiro atoms. The average Bonchev–Trinajstić information content (AvgIpc) is 2.29. The van der Waals surface area contributed by atoms with Crippen LogP contribution in [-0.4, -0.2) is 18.0 Å². The van der Waals surface area contributed by atoms with E-state index in [0.717, 1.165) is 11.1 Å². The molecule has 82 valence electrons. The number of allylic oxidation sites excluding steroid dienone is 2. The Morgan fingerprint density at radius 1 is 1.40 bits per heavy atom. The lowest BCUT2D eigenvalue weighted by Crippen LogP contribution is -2.01. The summed E-state index contributed by atoms with van der Waals surface area (Å²) in [6, 6.07) is 9.60. The molecule has 1 rings (SSSR count). The van der Waals surface area contributed by atoms with E-state index in [1.807, 2.05) is 37.3 Å². The van der Waals surface area contributed by atoms with Crippen molar-refractivity contribution in [2.24, 2.45) is 5.73 Å².